The minimum atomic E-state index is -1.07. The second-order valence-corrected chi connectivity index (χ2v) is 12.3. The topological polar surface area (TPSA) is 144 Å². The summed E-state index contributed by atoms with van der Waals surface area (Å²) in [6.45, 7) is 5.68. The van der Waals surface area contributed by atoms with Gasteiger partial charge in [0.05, 0.1) is 12.1 Å². The Hall–Kier alpha value is -5.40. The van der Waals surface area contributed by atoms with Crippen molar-refractivity contribution in [2.75, 3.05) is 63.1 Å². The molecular formula is C35H38N9O4+. The fourth-order valence-electron chi connectivity index (χ4n) is 6.52. The first-order valence-corrected chi connectivity index (χ1v) is 16.0. The number of anilines is 2. The first kappa shape index (κ1) is 31.2. The number of piperazine rings is 1. The number of hydrogen-bond acceptors (Lipinski definition) is 9. The molecule has 5 aromatic rings. The van der Waals surface area contributed by atoms with Crippen LogP contribution >= 0.6 is 0 Å². The number of nitrogens with one attached hydrogen (secondary N) is 2. The standard InChI is InChI=1S/C35H37N9O4/c1-24-20-26(10-14-44(24)47)32-29-21-27(6-9-30(29)39-40-32)38-34(46)35(48-2)11-15-41(23-35)22-31(45)43-18-16-42(17-19-43)28-7-4-25(5-8-28)33-36-12-3-13-37-33/h3-10,12-14,20-21,47H,11,15-19,22-23H2,1-2H3,(H,38,40,46)/p+1/t35-/m0/s1. The van der Waals surface area contributed by atoms with Crippen LogP contribution in [0.5, 0.6) is 0 Å². The van der Waals surface area contributed by atoms with E-state index in [9.17, 15) is 14.8 Å². The second-order valence-electron chi connectivity index (χ2n) is 12.3. The van der Waals surface area contributed by atoms with E-state index in [1.54, 1.807) is 44.8 Å². The van der Waals surface area contributed by atoms with Crippen molar-refractivity contribution in [1.29, 1.82) is 0 Å². The number of aryl methyl sites for hydroxylation is 1. The summed E-state index contributed by atoms with van der Waals surface area (Å²) in [5, 5.41) is 21.3. The molecule has 0 aliphatic carbocycles. The number of H-pyrrole nitrogens is 1. The maximum absolute atomic E-state index is 13.7. The number of carbonyl (C=O) groups is 2. The molecular weight excluding hydrogens is 610 g/mol. The number of carbonyl (C=O) groups excluding carboxylic acids is 2. The molecule has 2 aliphatic heterocycles. The van der Waals surface area contributed by atoms with E-state index in [1.807, 2.05) is 46.2 Å². The van der Waals surface area contributed by atoms with Gasteiger partial charge in [0.2, 0.25) is 17.8 Å². The van der Waals surface area contributed by atoms with Crippen molar-refractivity contribution in [3.63, 3.8) is 0 Å². The largest absolute Gasteiger partial charge is 0.368 e. The molecule has 13 heteroatoms. The van der Waals surface area contributed by atoms with E-state index in [0.29, 0.717) is 55.5 Å². The Bertz CT molecular complexity index is 1940. The Balaban J connectivity index is 0.944. The van der Waals surface area contributed by atoms with Crippen molar-refractivity contribution in [3.8, 4) is 22.6 Å². The summed E-state index contributed by atoms with van der Waals surface area (Å²) in [5.41, 5.74) is 4.66. The molecule has 7 rings (SSSR count). The third-order valence-electron chi connectivity index (χ3n) is 9.38. The highest BCUT2D eigenvalue weighted by atomic mass is 16.5. The number of ether oxygens (including phenoxy) is 1. The Morgan fingerprint density at radius 2 is 1.77 bits per heavy atom. The van der Waals surface area contributed by atoms with Crippen LogP contribution in [0.15, 0.2) is 79.3 Å². The van der Waals surface area contributed by atoms with E-state index in [2.05, 4.69) is 42.5 Å². The van der Waals surface area contributed by atoms with E-state index in [0.717, 1.165) is 45.5 Å². The Morgan fingerprint density at radius 1 is 1.00 bits per heavy atom. The summed E-state index contributed by atoms with van der Waals surface area (Å²) in [6.07, 6.45) is 5.51. The highest BCUT2D eigenvalue weighted by Crippen LogP contribution is 2.31. The average molecular weight is 649 g/mol. The molecule has 2 aliphatic rings. The number of rotatable bonds is 8. The third kappa shape index (κ3) is 6.17. The van der Waals surface area contributed by atoms with E-state index < -0.39 is 5.60 Å². The number of amides is 2. The summed E-state index contributed by atoms with van der Waals surface area (Å²) in [7, 11) is 1.55. The van der Waals surface area contributed by atoms with Crippen LogP contribution < -0.4 is 14.9 Å². The van der Waals surface area contributed by atoms with E-state index in [1.165, 1.54) is 0 Å². The first-order valence-electron chi connectivity index (χ1n) is 16.0. The summed E-state index contributed by atoms with van der Waals surface area (Å²) in [5.74, 6) is 0.501. The predicted octanol–water partition coefficient (Wildman–Crippen LogP) is 2.90. The van der Waals surface area contributed by atoms with Crippen molar-refractivity contribution in [1.82, 2.24) is 30.0 Å². The molecule has 2 aromatic carbocycles. The molecule has 0 unspecified atom stereocenters. The smallest absolute Gasteiger partial charge is 0.258 e. The minimum absolute atomic E-state index is 0.0549. The molecule has 0 saturated carbocycles. The molecule has 0 spiro atoms. The summed E-state index contributed by atoms with van der Waals surface area (Å²) in [4.78, 5) is 41.8. The van der Waals surface area contributed by atoms with Crippen LogP contribution in [0, 0.1) is 6.92 Å². The number of nitrogens with zero attached hydrogens (tertiary/aromatic N) is 7. The van der Waals surface area contributed by atoms with Gasteiger partial charge < -0.3 is 19.9 Å². The molecule has 246 valence electrons. The van der Waals surface area contributed by atoms with Gasteiger partial charge in [0.15, 0.2) is 11.4 Å². The molecule has 13 nitrogen and oxygen atoms in total. The molecule has 0 radical (unpaired) electrons. The fraction of sp³-hybridized carbons (Fsp3) is 0.314. The molecule has 3 aromatic heterocycles. The van der Waals surface area contributed by atoms with E-state index in [-0.39, 0.29) is 18.4 Å². The average Bonchev–Trinajstić information content (AvgIpc) is 3.75. The van der Waals surface area contributed by atoms with Crippen LogP contribution in [0.2, 0.25) is 0 Å². The van der Waals surface area contributed by atoms with E-state index in [4.69, 9.17) is 4.74 Å². The van der Waals surface area contributed by atoms with Crippen molar-refractivity contribution in [3.05, 3.63) is 84.9 Å². The molecule has 2 fully saturated rings. The van der Waals surface area contributed by atoms with Crippen LogP contribution in [0.25, 0.3) is 33.5 Å². The first-order chi connectivity index (χ1) is 23.3. The number of aromatic nitrogens is 5. The zero-order valence-electron chi connectivity index (χ0n) is 27.0. The fourth-order valence-corrected chi connectivity index (χ4v) is 6.52. The van der Waals surface area contributed by atoms with E-state index >= 15 is 0 Å². The minimum Gasteiger partial charge on any atom is -0.368 e. The summed E-state index contributed by atoms with van der Waals surface area (Å²) in [6, 6.07) is 19.2. The van der Waals surface area contributed by atoms with Gasteiger partial charge in [-0.05, 0) is 55.0 Å². The van der Waals surface area contributed by atoms with Gasteiger partial charge >= 0.3 is 0 Å². The maximum atomic E-state index is 13.7. The Labute approximate surface area is 277 Å². The van der Waals surface area contributed by atoms with Crippen molar-refractivity contribution < 1.29 is 24.3 Å². The number of fused-ring (bicyclic) bond motifs is 1. The molecule has 1 atom stereocenters. The molecule has 3 N–H and O–H groups in total. The van der Waals surface area contributed by atoms with Crippen molar-refractivity contribution in [2.45, 2.75) is 18.9 Å². The quantitative estimate of drug-likeness (QED) is 0.171. The van der Waals surface area contributed by atoms with Gasteiger partial charge in [-0.25, -0.2) is 9.97 Å². The van der Waals surface area contributed by atoms with Gasteiger partial charge in [-0.2, -0.15) is 5.10 Å². The van der Waals surface area contributed by atoms with Gasteiger partial charge in [-0.1, -0.05) is 0 Å². The maximum Gasteiger partial charge on any atom is 0.258 e. The number of aromatic amines is 1. The number of hydrogen-bond donors (Lipinski definition) is 3. The highest BCUT2D eigenvalue weighted by Gasteiger charge is 2.45. The lowest BCUT2D eigenvalue weighted by molar-refractivity contribution is -0.908. The number of pyridine rings is 1. The predicted molar refractivity (Wildman–Crippen MR) is 179 cm³/mol. The lowest BCUT2D eigenvalue weighted by atomic mass is 10.0. The Morgan fingerprint density at radius 3 is 2.50 bits per heavy atom. The number of likely N-dealkylation sites (tertiary alicyclic amines) is 1. The zero-order chi connectivity index (χ0) is 33.3. The van der Waals surface area contributed by atoms with Crippen LogP contribution in [0.1, 0.15) is 12.1 Å². The molecule has 48 heavy (non-hydrogen) atoms. The zero-order valence-corrected chi connectivity index (χ0v) is 27.0. The monoisotopic (exact) mass is 648 g/mol. The molecule has 5 heterocycles. The van der Waals surface area contributed by atoms with Crippen LogP contribution in [-0.4, -0.2) is 106 Å². The van der Waals surface area contributed by atoms with Crippen LogP contribution in [-0.2, 0) is 14.3 Å². The highest BCUT2D eigenvalue weighted by molar-refractivity contribution is 6.01. The Kier molecular flexibility index (Phi) is 8.46. The lowest BCUT2D eigenvalue weighted by Gasteiger charge is -2.37. The van der Waals surface area contributed by atoms with Gasteiger partial charge in [-0.15, -0.1) is 0 Å². The molecule has 0 bridgehead atoms. The summed E-state index contributed by atoms with van der Waals surface area (Å²) < 4.78 is 6.89. The van der Waals surface area contributed by atoms with Crippen LogP contribution in [0.4, 0.5) is 11.4 Å². The second kappa shape index (κ2) is 13.0. The summed E-state index contributed by atoms with van der Waals surface area (Å²) >= 11 is 0. The van der Waals surface area contributed by atoms with Gasteiger partial charge in [0.1, 0.15) is 5.69 Å². The number of benzene rings is 2. The lowest BCUT2D eigenvalue weighted by Crippen LogP contribution is -2.52. The van der Waals surface area contributed by atoms with Crippen LogP contribution in [0.3, 0.4) is 0 Å². The normalized spacial score (nSPS) is 18.4. The van der Waals surface area contributed by atoms with Gasteiger partial charge in [-0.3, -0.25) is 24.8 Å². The third-order valence-corrected chi connectivity index (χ3v) is 9.38. The van der Waals surface area contributed by atoms with Gasteiger partial charge in [0.25, 0.3) is 5.91 Å². The SMILES string of the molecule is CO[C@@]1(C(=O)Nc2ccc3[nH]nc(-c4cc[n+](O)c(C)c4)c3c2)CCN(CC(=O)N2CCN(c3ccc(-c4ncccn4)cc3)CC2)C1. The molecule has 2 amide bonds. The van der Waals surface area contributed by atoms with Crippen molar-refractivity contribution >= 4 is 34.1 Å². The molecule has 2 saturated heterocycles. The number of methoxy groups -OCH3 is 1. The van der Waals surface area contributed by atoms with Crippen molar-refractivity contribution in [2.24, 2.45) is 0 Å². The van der Waals surface area contributed by atoms with Gasteiger partial charge in [0, 0.05) is 110 Å².